The topological polar surface area (TPSA) is 55.0 Å². The van der Waals surface area contributed by atoms with E-state index in [9.17, 15) is 0 Å². The van der Waals surface area contributed by atoms with Crippen LogP contribution in [-0.2, 0) is 6.42 Å². The molecule has 1 heterocycles. The molecule has 0 fully saturated rings. The van der Waals surface area contributed by atoms with Crippen LogP contribution < -0.4 is 10.6 Å². The Hall–Kier alpha value is -1.94. The molecular formula is C17H24N4. The summed E-state index contributed by atoms with van der Waals surface area (Å²) in [5.74, 6) is 1.77. The summed E-state index contributed by atoms with van der Waals surface area (Å²) in [4.78, 5) is 11.3. The van der Waals surface area contributed by atoms with Crippen molar-refractivity contribution in [3.63, 3.8) is 0 Å². The molecule has 112 valence electrons. The van der Waals surface area contributed by atoms with E-state index in [-0.39, 0.29) is 0 Å². The molecule has 1 aromatic heterocycles. The fraction of sp³-hybridized carbons (Fsp3) is 0.412. The lowest BCUT2D eigenvalue weighted by Gasteiger charge is -2.24. The van der Waals surface area contributed by atoms with Crippen molar-refractivity contribution < 1.29 is 0 Å². The molecule has 0 aliphatic rings. The van der Waals surface area contributed by atoms with E-state index >= 15 is 0 Å². The van der Waals surface area contributed by atoms with Crippen LogP contribution in [-0.4, -0.2) is 23.1 Å². The van der Waals surface area contributed by atoms with E-state index in [1.165, 1.54) is 5.56 Å². The van der Waals surface area contributed by atoms with Crippen molar-refractivity contribution in [2.75, 3.05) is 18.0 Å². The summed E-state index contributed by atoms with van der Waals surface area (Å²) in [5, 5.41) is 0. The molecule has 0 saturated carbocycles. The molecule has 2 rings (SSSR count). The number of benzene rings is 1. The number of hydrogen-bond acceptors (Lipinski definition) is 4. The van der Waals surface area contributed by atoms with Gasteiger partial charge in [-0.05, 0) is 45.4 Å². The maximum absolute atomic E-state index is 5.68. The minimum absolute atomic E-state index is 0.674. The molecule has 0 spiro atoms. The van der Waals surface area contributed by atoms with Crippen LogP contribution in [0.15, 0.2) is 30.3 Å². The molecule has 2 N–H and O–H groups in total. The van der Waals surface area contributed by atoms with Crippen LogP contribution in [0.1, 0.15) is 30.4 Å². The third kappa shape index (κ3) is 4.02. The van der Waals surface area contributed by atoms with Crippen LogP contribution in [0.4, 0.5) is 11.5 Å². The van der Waals surface area contributed by atoms with Gasteiger partial charge in [-0.25, -0.2) is 9.97 Å². The first-order valence-electron chi connectivity index (χ1n) is 7.53. The molecule has 0 aliphatic carbocycles. The number of aryl methyl sites for hydroxylation is 3. The second-order valence-electron chi connectivity index (χ2n) is 5.25. The molecule has 0 unspecified atom stereocenters. The Morgan fingerprint density at radius 2 is 1.81 bits per heavy atom. The van der Waals surface area contributed by atoms with Gasteiger partial charge in [0.1, 0.15) is 11.6 Å². The second-order valence-corrected chi connectivity index (χ2v) is 5.25. The van der Waals surface area contributed by atoms with Crippen LogP contribution in [0.5, 0.6) is 0 Å². The third-order valence-electron chi connectivity index (χ3n) is 3.45. The zero-order chi connectivity index (χ0) is 15.2. The lowest BCUT2D eigenvalue weighted by Crippen LogP contribution is -2.22. The second kappa shape index (κ2) is 7.18. The van der Waals surface area contributed by atoms with Crippen molar-refractivity contribution in [2.24, 2.45) is 5.73 Å². The van der Waals surface area contributed by atoms with Gasteiger partial charge in [0, 0.05) is 24.0 Å². The Morgan fingerprint density at radius 1 is 1.10 bits per heavy atom. The molecule has 4 heteroatoms. The summed E-state index contributed by atoms with van der Waals surface area (Å²) in [6.45, 7) is 7.69. The third-order valence-corrected chi connectivity index (χ3v) is 3.45. The van der Waals surface area contributed by atoms with Gasteiger partial charge in [-0.3, -0.25) is 0 Å². The minimum Gasteiger partial charge on any atom is -0.330 e. The van der Waals surface area contributed by atoms with Gasteiger partial charge in [-0.1, -0.05) is 24.6 Å². The predicted octanol–water partition coefficient (Wildman–Crippen LogP) is 3.14. The zero-order valence-electron chi connectivity index (χ0n) is 13.1. The van der Waals surface area contributed by atoms with E-state index in [0.717, 1.165) is 42.4 Å². The summed E-state index contributed by atoms with van der Waals surface area (Å²) < 4.78 is 0. The largest absolute Gasteiger partial charge is 0.330 e. The maximum Gasteiger partial charge on any atom is 0.136 e. The lowest BCUT2D eigenvalue weighted by atomic mass is 10.2. The number of aromatic nitrogens is 2. The van der Waals surface area contributed by atoms with Crippen LogP contribution in [0.3, 0.4) is 0 Å². The van der Waals surface area contributed by atoms with Crippen molar-refractivity contribution in [1.29, 1.82) is 0 Å². The molecule has 1 aromatic carbocycles. The molecule has 0 saturated heterocycles. The SMILES string of the molecule is CCc1cc(N(CCCN)c2ccc(C)cc2)nc(C)n1. The molecular weight excluding hydrogens is 260 g/mol. The van der Waals surface area contributed by atoms with Gasteiger partial charge in [-0.2, -0.15) is 0 Å². The summed E-state index contributed by atoms with van der Waals surface area (Å²) in [6, 6.07) is 10.6. The van der Waals surface area contributed by atoms with Crippen LogP contribution in [0, 0.1) is 13.8 Å². The fourth-order valence-electron chi connectivity index (χ4n) is 2.28. The van der Waals surface area contributed by atoms with E-state index in [4.69, 9.17) is 5.73 Å². The fourth-order valence-corrected chi connectivity index (χ4v) is 2.28. The first-order valence-corrected chi connectivity index (χ1v) is 7.53. The van der Waals surface area contributed by atoms with Gasteiger partial charge < -0.3 is 10.6 Å². The highest BCUT2D eigenvalue weighted by atomic mass is 15.2. The van der Waals surface area contributed by atoms with Gasteiger partial charge >= 0.3 is 0 Å². The average Bonchev–Trinajstić information content (AvgIpc) is 2.49. The van der Waals surface area contributed by atoms with E-state index in [1.807, 2.05) is 6.92 Å². The summed E-state index contributed by atoms with van der Waals surface area (Å²) in [6.07, 6.45) is 1.84. The maximum atomic E-state index is 5.68. The number of hydrogen-bond donors (Lipinski definition) is 1. The highest BCUT2D eigenvalue weighted by molar-refractivity contribution is 5.60. The minimum atomic E-state index is 0.674. The number of anilines is 2. The van der Waals surface area contributed by atoms with E-state index < -0.39 is 0 Å². The standard InChI is InChI=1S/C17H24N4/c1-4-15-12-17(20-14(3)19-15)21(11-5-10-18)16-8-6-13(2)7-9-16/h6-9,12H,4-5,10-11,18H2,1-3H3. The van der Waals surface area contributed by atoms with Crippen LogP contribution in [0.2, 0.25) is 0 Å². The highest BCUT2D eigenvalue weighted by Crippen LogP contribution is 2.25. The smallest absolute Gasteiger partial charge is 0.136 e. The van der Waals surface area contributed by atoms with Gasteiger partial charge in [0.25, 0.3) is 0 Å². The molecule has 21 heavy (non-hydrogen) atoms. The van der Waals surface area contributed by atoms with E-state index in [1.54, 1.807) is 0 Å². The van der Waals surface area contributed by atoms with Crippen molar-refractivity contribution in [3.8, 4) is 0 Å². The van der Waals surface area contributed by atoms with Crippen LogP contribution in [0.25, 0.3) is 0 Å². The summed E-state index contributed by atoms with van der Waals surface area (Å²) in [7, 11) is 0. The number of rotatable bonds is 6. The zero-order valence-corrected chi connectivity index (χ0v) is 13.1. The molecule has 0 bridgehead atoms. The highest BCUT2D eigenvalue weighted by Gasteiger charge is 2.12. The van der Waals surface area contributed by atoms with Crippen molar-refractivity contribution >= 4 is 11.5 Å². The molecule has 2 aromatic rings. The van der Waals surface area contributed by atoms with Gasteiger partial charge in [0.05, 0.1) is 0 Å². The van der Waals surface area contributed by atoms with Crippen molar-refractivity contribution in [3.05, 3.63) is 47.4 Å². The van der Waals surface area contributed by atoms with Crippen molar-refractivity contribution in [1.82, 2.24) is 9.97 Å². The molecule has 4 nitrogen and oxygen atoms in total. The Labute approximate surface area is 127 Å². The Bertz CT molecular complexity index is 578. The Morgan fingerprint density at radius 3 is 2.43 bits per heavy atom. The van der Waals surface area contributed by atoms with Gasteiger partial charge in [0.15, 0.2) is 0 Å². The quantitative estimate of drug-likeness (QED) is 0.885. The first-order chi connectivity index (χ1) is 10.1. The van der Waals surface area contributed by atoms with Gasteiger partial charge in [0.2, 0.25) is 0 Å². The number of nitrogens with two attached hydrogens (primary N) is 1. The van der Waals surface area contributed by atoms with Crippen LogP contribution >= 0.6 is 0 Å². The Kier molecular flexibility index (Phi) is 5.28. The molecule has 0 atom stereocenters. The monoisotopic (exact) mass is 284 g/mol. The molecule has 0 radical (unpaired) electrons. The molecule has 0 amide bonds. The van der Waals surface area contributed by atoms with Gasteiger partial charge in [-0.15, -0.1) is 0 Å². The normalized spacial score (nSPS) is 10.7. The average molecular weight is 284 g/mol. The lowest BCUT2D eigenvalue weighted by molar-refractivity contribution is 0.802. The van der Waals surface area contributed by atoms with E-state index in [0.29, 0.717) is 6.54 Å². The van der Waals surface area contributed by atoms with E-state index in [2.05, 4.69) is 59.0 Å². The molecule has 0 aliphatic heterocycles. The Balaban J connectivity index is 2.39. The predicted molar refractivity (Wildman–Crippen MR) is 88.0 cm³/mol. The first kappa shape index (κ1) is 15.4. The summed E-state index contributed by atoms with van der Waals surface area (Å²) >= 11 is 0. The van der Waals surface area contributed by atoms with Crippen molar-refractivity contribution in [2.45, 2.75) is 33.6 Å². The summed E-state index contributed by atoms with van der Waals surface area (Å²) in [5.41, 5.74) is 9.16. The number of nitrogens with zero attached hydrogens (tertiary/aromatic N) is 3.